The van der Waals surface area contributed by atoms with E-state index >= 15 is 0 Å². The Bertz CT molecular complexity index is 625. The molecular formula is C21H29NO6. The summed E-state index contributed by atoms with van der Waals surface area (Å²) in [7, 11) is 0. The SMILES string of the molecule is CCCCCCC(=O)OCCOCCOCCN1C(=O)c2ccccc2C1=O. The van der Waals surface area contributed by atoms with E-state index in [1.807, 2.05) is 0 Å². The number of ether oxygens (including phenoxy) is 3. The summed E-state index contributed by atoms with van der Waals surface area (Å²) < 4.78 is 15.8. The van der Waals surface area contributed by atoms with E-state index in [-0.39, 0.29) is 37.5 Å². The van der Waals surface area contributed by atoms with Gasteiger partial charge in [-0.15, -0.1) is 0 Å². The minimum Gasteiger partial charge on any atom is -0.463 e. The summed E-state index contributed by atoms with van der Waals surface area (Å²) in [6.45, 7) is 3.85. The Kier molecular flexibility index (Phi) is 9.65. The van der Waals surface area contributed by atoms with Crippen molar-refractivity contribution in [3.63, 3.8) is 0 Å². The monoisotopic (exact) mass is 391 g/mol. The Morgan fingerprint density at radius 3 is 2.11 bits per heavy atom. The Morgan fingerprint density at radius 1 is 0.857 bits per heavy atom. The van der Waals surface area contributed by atoms with E-state index in [0.29, 0.717) is 37.4 Å². The zero-order chi connectivity index (χ0) is 20.2. The van der Waals surface area contributed by atoms with Gasteiger partial charge in [-0.25, -0.2) is 0 Å². The molecule has 1 heterocycles. The van der Waals surface area contributed by atoms with E-state index in [9.17, 15) is 14.4 Å². The highest BCUT2D eigenvalue weighted by Crippen LogP contribution is 2.21. The second-order valence-corrected chi connectivity index (χ2v) is 6.56. The summed E-state index contributed by atoms with van der Waals surface area (Å²) in [6.07, 6.45) is 4.67. The number of imide groups is 1. The van der Waals surface area contributed by atoms with E-state index in [2.05, 4.69) is 6.92 Å². The van der Waals surface area contributed by atoms with Crippen molar-refractivity contribution in [1.82, 2.24) is 4.90 Å². The molecule has 0 unspecified atom stereocenters. The topological polar surface area (TPSA) is 82.1 Å². The fraction of sp³-hybridized carbons (Fsp3) is 0.571. The maximum Gasteiger partial charge on any atom is 0.305 e. The van der Waals surface area contributed by atoms with Crippen molar-refractivity contribution in [2.24, 2.45) is 0 Å². The molecule has 0 bridgehead atoms. The number of nitrogens with zero attached hydrogens (tertiary/aromatic N) is 1. The smallest absolute Gasteiger partial charge is 0.305 e. The molecule has 2 amide bonds. The zero-order valence-electron chi connectivity index (χ0n) is 16.5. The maximum atomic E-state index is 12.2. The van der Waals surface area contributed by atoms with Crippen LogP contribution in [0.1, 0.15) is 59.7 Å². The lowest BCUT2D eigenvalue weighted by atomic mass is 10.1. The summed E-state index contributed by atoms with van der Waals surface area (Å²) in [5.41, 5.74) is 0.881. The van der Waals surface area contributed by atoms with Crippen LogP contribution < -0.4 is 0 Å². The highest BCUT2D eigenvalue weighted by molar-refractivity contribution is 6.21. The quantitative estimate of drug-likeness (QED) is 0.276. The Balaban J connectivity index is 1.46. The van der Waals surface area contributed by atoms with Gasteiger partial charge in [0.15, 0.2) is 0 Å². The van der Waals surface area contributed by atoms with Crippen LogP contribution in [-0.4, -0.2) is 62.3 Å². The van der Waals surface area contributed by atoms with Gasteiger partial charge in [0.2, 0.25) is 0 Å². The molecule has 0 spiro atoms. The van der Waals surface area contributed by atoms with Gasteiger partial charge in [-0.2, -0.15) is 0 Å². The van der Waals surface area contributed by atoms with E-state index in [0.717, 1.165) is 25.7 Å². The molecule has 7 heteroatoms. The van der Waals surface area contributed by atoms with Gasteiger partial charge in [0.1, 0.15) is 6.61 Å². The largest absolute Gasteiger partial charge is 0.463 e. The summed E-state index contributed by atoms with van der Waals surface area (Å²) >= 11 is 0. The van der Waals surface area contributed by atoms with Crippen molar-refractivity contribution < 1.29 is 28.6 Å². The lowest BCUT2D eigenvalue weighted by Gasteiger charge is -2.13. The second kappa shape index (κ2) is 12.3. The van der Waals surface area contributed by atoms with Gasteiger partial charge in [0.05, 0.1) is 44.1 Å². The van der Waals surface area contributed by atoms with Crippen molar-refractivity contribution in [3.05, 3.63) is 35.4 Å². The van der Waals surface area contributed by atoms with Gasteiger partial charge in [0, 0.05) is 6.42 Å². The Labute approximate surface area is 165 Å². The predicted octanol–water partition coefficient (Wildman–Crippen LogP) is 2.83. The molecule has 154 valence electrons. The third kappa shape index (κ3) is 6.73. The van der Waals surface area contributed by atoms with E-state index in [1.54, 1.807) is 24.3 Å². The van der Waals surface area contributed by atoms with E-state index < -0.39 is 0 Å². The molecule has 0 N–H and O–H groups in total. The van der Waals surface area contributed by atoms with Crippen LogP contribution in [0.3, 0.4) is 0 Å². The number of esters is 1. The summed E-state index contributed by atoms with van der Waals surface area (Å²) in [6, 6.07) is 6.79. The van der Waals surface area contributed by atoms with Crippen molar-refractivity contribution in [3.8, 4) is 0 Å². The Morgan fingerprint density at radius 2 is 1.46 bits per heavy atom. The van der Waals surface area contributed by atoms with Crippen LogP contribution in [0.15, 0.2) is 24.3 Å². The first-order chi connectivity index (χ1) is 13.6. The maximum absolute atomic E-state index is 12.2. The van der Waals surface area contributed by atoms with E-state index in [1.165, 1.54) is 4.90 Å². The normalized spacial score (nSPS) is 13.1. The molecule has 0 radical (unpaired) electrons. The van der Waals surface area contributed by atoms with Crippen LogP contribution in [0, 0.1) is 0 Å². The Hall–Kier alpha value is -2.25. The fourth-order valence-electron chi connectivity index (χ4n) is 2.90. The lowest BCUT2D eigenvalue weighted by Crippen LogP contribution is -2.33. The number of hydrogen-bond donors (Lipinski definition) is 0. The molecule has 2 rings (SSSR count). The van der Waals surface area contributed by atoms with E-state index in [4.69, 9.17) is 14.2 Å². The number of carbonyl (C=O) groups excluding carboxylic acids is 3. The minimum atomic E-state index is -0.281. The van der Waals surface area contributed by atoms with Gasteiger partial charge in [-0.05, 0) is 18.6 Å². The molecule has 0 aromatic heterocycles. The standard InChI is InChI=1S/C21H29NO6/c1-2-3-4-5-10-19(23)28-16-15-27-14-13-26-12-11-22-20(24)17-8-6-7-9-18(17)21(22)25/h6-9H,2-5,10-16H2,1H3. The van der Waals surface area contributed by atoms with Crippen LogP contribution >= 0.6 is 0 Å². The highest BCUT2D eigenvalue weighted by atomic mass is 16.6. The molecule has 1 aromatic rings. The molecular weight excluding hydrogens is 362 g/mol. The molecule has 7 nitrogen and oxygen atoms in total. The predicted molar refractivity (Wildman–Crippen MR) is 103 cm³/mol. The van der Waals surface area contributed by atoms with Crippen LogP contribution in [0.5, 0.6) is 0 Å². The second-order valence-electron chi connectivity index (χ2n) is 6.56. The summed E-state index contributed by atoms with van der Waals surface area (Å²) in [5.74, 6) is -0.745. The number of benzene rings is 1. The molecule has 0 fully saturated rings. The average molecular weight is 391 g/mol. The van der Waals surface area contributed by atoms with Gasteiger partial charge in [0.25, 0.3) is 11.8 Å². The third-order valence-electron chi connectivity index (χ3n) is 4.43. The first-order valence-corrected chi connectivity index (χ1v) is 9.91. The van der Waals surface area contributed by atoms with Crippen LogP contribution in [0.4, 0.5) is 0 Å². The molecule has 0 atom stereocenters. The molecule has 0 saturated carbocycles. The minimum absolute atomic E-state index is 0.183. The van der Waals surface area contributed by atoms with Gasteiger partial charge < -0.3 is 14.2 Å². The molecule has 1 aliphatic heterocycles. The lowest BCUT2D eigenvalue weighted by molar-refractivity contribution is -0.145. The molecule has 0 aliphatic carbocycles. The van der Waals surface area contributed by atoms with Gasteiger partial charge in [-0.1, -0.05) is 38.3 Å². The van der Waals surface area contributed by atoms with Crippen LogP contribution in [0.2, 0.25) is 0 Å². The van der Waals surface area contributed by atoms with Gasteiger partial charge >= 0.3 is 5.97 Å². The number of fused-ring (bicyclic) bond motifs is 1. The zero-order valence-corrected chi connectivity index (χ0v) is 16.5. The molecule has 1 aliphatic rings. The van der Waals surface area contributed by atoms with Crippen LogP contribution in [-0.2, 0) is 19.0 Å². The number of unbranched alkanes of at least 4 members (excludes halogenated alkanes) is 3. The van der Waals surface area contributed by atoms with Crippen molar-refractivity contribution >= 4 is 17.8 Å². The molecule has 28 heavy (non-hydrogen) atoms. The average Bonchev–Trinajstić information content (AvgIpc) is 2.95. The summed E-state index contributed by atoms with van der Waals surface area (Å²) in [5, 5.41) is 0. The van der Waals surface area contributed by atoms with Crippen molar-refractivity contribution in [2.45, 2.75) is 39.0 Å². The molecule has 0 saturated heterocycles. The first kappa shape index (κ1) is 22.0. The van der Waals surface area contributed by atoms with Gasteiger partial charge in [-0.3, -0.25) is 19.3 Å². The van der Waals surface area contributed by atoms with Crippen molar-refractivity contribution in [2.75, 3.05) is 39.6 Å². The highest BCUT2D eigenvalue weighted by Gasteiger charge is 2.34. The third-order valence-corrected chi connectivity index (χ3v) is 4.43. The number of hydrogen-bond acceptors (Lipinski definition) is 6. The fourth-order valence-corrected chi connectivity index (χ4v) is 2.90. The first-order valence-electron chi connectivity index (χ1n) is 9.91. The summed E-state index contributed by atoms with van der Waals surface area (Å²) in [4.78, 5) is 37.0. The number of amides is 2. The molecule has 1 aromatic carbocycles. The number of carbonyl (C=O) groups is 3. The van der Waals surface area contributed by atoms with Crippen LogP contribution in [0.25, 0.3) is 0 Å². The van der Waals surface area contributed by atoms with Crippen molar-refractivity contribution in [1.29, 1.82) is 0 Å². The number of rotatable bonds is 14.